The van der Waals surface area contributed by atoms with Crippen LogP contribution in [0.1, 0.15) is 58.3 Å². The van der Waals surface area contributed by atoms with E-state index in [9.17, 15) is 9.59 Å². The molecule has 102 valence electrons. The molecular formula is C13H23N3O2. The summed E-state index contributed by atoms with van der Waals surface area (Å²) in [5.74, 6) is -0.942. The third-order valence-electron chi connectivity index (χ3n) is 2.95. The van der Waals surface area contributed by atoms with E-state index in [2.05, 4.69) is 22.5 Å². The third-order valence-corrected chi connectivity index (χ3v) is 2.95. The summed E-state index contributed by atoms with van der Waals surface area (Å²) in [6, 6.07) is 0. The largest absolute Gasteiger partial charge is 0.316 e. The first-order valence-corrected chi connectivity index (χ1v) is 6.91. The molecule has 0 bridgehead atoms. The molecular weight excluding hydrogens is 230 g/mol. The van der Waals surface area contributed by atoms with E-state index in [1.165, 1.54) is 38.5 Å². The van der Waals surface area contributed by atoms with Crippen LogP contribution < -0.4 is 10.6 Å². The van der Waals surface area contributed by atoms with Gasteiger partial charge in [-0.3, -0.25) is 25.2 Å². The molecule has 1 aliphatic rings. The fourth-order valence-corrected chi connectivity index (χ4v) is 1.88. The summed E-state index contributed by atoms with van der Waals surface area (Å²) in [6.07, 6.45) is 10.00. The molecule has 5 heteroatoms. The van der Waals surface area contributed by atoms with Crippen LogP contribution in [-0.4, -0.2) is 24.3 Å². The van der Waals surface area contributed by atoms with E-state index < -0.39 is 11.8 Å². The summed E-state index contributed by atoms with van der Waals surface area (Å²) in [6.45, 7) is 2.88. The normalized spacial score (nSPS) is 14.6. The number of aliphatic imine (C=N–C) groups is 1. The van der Waals surface area contributed by atoms with Crippen LogP contribution in [0.15, 0.2) is 4.99 Å². The van der Waals surface area contributed by atoms with Crippen LogP contribution in [0.25, 0.3) is 0 Å². The highest BCUT2D eigenvalue weighted by atomic mass is 16.2. The molecule has 5 nitrogen and oxygen atoms in total. The Morgan fingerprint density at radius 2 is 1.33 bits per heavy atom. The standard InChI is InChI=1S/C13H23N3O2/c1-2-3-4-5-6-7-8-9-10-14-13-15-11(17)12(18)16-13/h2-10H2,1H3,(H2,14,15,16,17,18). The van der Waals surface area contributed by atoms with Crippen molar-refractivity contribution < 1.29 is 9.59 Å². The fourth-order valence-electron chi connectivity index (χ4n) is 1.88. The molecule has 0 atom stereocenters. The molecule has 0 radical (unpaired) electrons. The van der Waals surface area contributed by atoms with Crippen molar-refractivity contribution in [2.75, 3.05) is 6.54 Å². The second-order valence-electron chi connectivity index (χ2n) is 4.61. The molecule has 1 saturated heterocycles. The Bertz CT molecular complexity index is 295. The Morgan fingerprint density at radius 1 is 0.833 bits per heavy atom. The molecule has 18 heavy (non-hydrogen) atoms. The molecule has 2 N–H and O–H groups in total. The Kier molecular flexibility index (Phi) is 7.06. The molecule has 0 spiro atoms. The zero-order valence-electron chi connectivity index (χ0n) is 11.1. The van der Waals surface area contributed by atoms with Crippen molar-refractivity contribution in [2.45, 2.75) is 58.3 Å². The number of carbonyl (C=O) groups excluding carboxylic acids is 2. The average molecular weight is 253 g/mol. The lowest BCUT2D eigenvalue weighted by Gasteiger charge is -2.00. The monoisotopic (exact) mass is 253 g/mol. The lowest BCUT2D eigenvalue weighted by molar-refractivity contribution is -0.135. The van der Waals surface area contributed by atoms with Gasteiger partial charge in [0.1, 0.15) is 0 Å². The van der Waals surface area contributed by atoms with E-state index in [-0.39, 0.29) is 0 Å². The molecule has 2 amide bonds. The molecule has 1 heterocycles. The highest BCUT2D eigenvalue weighted by Crippen LogP contribution is 2.08. The first kappa shape index (κ1) is 14.7. The van der Waals surface area contributed by atoms with Gasteiger partial charge in [-0.2, -0.15) is 0 Å². The number of guanidine groups is 1. The van der Waals surface area contributed by atoms with Crippen molar-refractivity contribution in [3.63, 3.8) is 0 Å². The van der Waals surface area contributed by atoms with Gasteiger partial charge >= 0.3 is 11.8 Å². The van der Waals surface area contributed by atoms with Crippen LogP contribution >= 0.6 is 0 Å². The highest BCUT2D eigenvalue weighted by Gasteiger charge is 2.24. The third kappa shape index (κ3) is 5.80. The summed E-state index contributed by atoms with van der Waals surface area (Å²) in [7, 11) is 0. The van der Waals surface area contributed by atoms with Crippen LogP contribution in [0, 0.1) is 0 Å². The van der Waals surface area contributed by atoms with Gasteiger partial charge in [-0.25, -0.2) is 0 Å². The Balaban J connectivity index is 1.94. The lowest BCUT2D eigenvalue weighted by Crippen LogP contribution is -2.25. The van der Waals surface area contributed by atoms with Crippen molar-refractivity contribution in [1.82, 2.24) is 10.6 Å². The Hall–Kier alpha value is -1.39. The fraction of sp³-hybridized carbons (Fsp3) is 0.769. The van der Waals surface area contributed by atoms with Gasteiger partial charge in [0.15, 0.2) is 0 Å². The number of hydrogen-bond acceptors (Lipinski definition) is 3. The van der Waals surface area contributed by atoms with Gasteiger partial charge in [-0.05, 0) is 6.42 Å². The molecule has 1 fully saturated rings. The number of amides is 2. The molecule has 1 aliphatic heterocycles. The van der Waals surface area contributed by atoms with Crippen molar-refractivity contribution in [1.29, 1.82) is 0 Å². The molecule has 1 rings (SSSR count). The first-order chi connectivity index (χ1) is 8.74. The predicted octanol–water partition coefficient (Wildman–Crippen LogP) is 1.73. The second kappa shape index (κ2) is 8.66. The highest BCUT2D eigenvalue weighted by molar-refractivity contribution is 6.45. The zero-order chi connectivity index (χ0) is 13.2. The number of unbranched alkanes of at least 4 members (excludes halogenated alkanes) is 7. The molecule has 0 saturated carbocycles. The summed E-state index contributed by atoms with van der Waals surface area (Å²) in [4.78, 5) is 25.8. The summed E-state index contributed by atoms with van der Waals surface area (Å²) in [5, 5.41) is 4.76. The van der Waals surface area contributed by atoms with Gasteiger partial charge < -0.3 is 0 Å². The number of carbonyl (C=O) groups is 2. The summed E-state index contributed by atoms with van der Waals surface area (Å²) in [5.41, 5.74) is 0. The first-order valence-electron chi connectivity index (χ1n) is 6.91. The summed E-state index contributed by atoms with van der Waals surface area (Å²) >= 11 is 0. The molecule has 0 unspecified atom stereocenters. The molecule has 0 aromatic carbocycles. The lowest BCUT2D eigenvalue weighted by atomic mass is 10.1. The van der Waals surface area contributed by atoms with E-state index in [1.807, 2.05) is 0 Å². The van der Waals surface area contributed by atoms with Crippen molar-refractivity contribution in [3.8, 4) is 0 Å². The Morgan fingerprint density at radius 3 is 1.89 bits per heavy atom. The topological polar surface area (TPSA) is 70.6 Å². The quantitative estimate of drug-likeness (QED) is 0.485. The van der Waals surface area contributed by atoms with Crippen LogP contribution in [0.4, 0.5) is 0 Å². The number of nitrogens with one attached hydrogen (secondary N) is 2. The van der Waals surface area contributed by atoms with E-state index in [1.54, 1.807) is 0 Å². The van der Waals surface area contributed by atoms with Crippen LogP contribution in [0.5, 0.6) is 0 Å². The number of hydrogen-bond donors (Lipinski definition) is 2. The predicted molar refractivity (Wildman–Crippen MR) is 71.2 cm³/mol. The number of rotatable bonds is 9. The van der Waals surface area contributed by atoms with Crippen molar-refractivity contribution in [3.05, 3.63) is 0 Å². The van der Waals surface area contributed by atoms with Crippen LogP contribution in [-0.2, 0) is 9.59 Å². The van der Waals surface area contributed by atoms with E-state index >= 15 is 0 Å². The van der Waals surface area contributed by atoms with Crippen molar-refractivity contribution >= 4 is 17.8 Å². The van der Waals surface area contributed by atoms with E-state index in [4.69, 9.17) is 0 Å². The van der Waals surface area contributed by atoms with Crippen LogP contribution in [0.2, 0.25) is 0 Å². The van der Waals surface area contributed by atoms with Gasteiger partial charge in [0, 0.05) is 6.54 Å². The summed E-state index contributed by atoms with van der Waals surface area (Å²) < 4.78 is 0. The maximum Gasteiger partial charge on any atom is 0.316 e. The van der Waals surface area contributed by atoms with Crippen LogP contribution in [0.3, 0.4) is 0 Å². The van der Waals surface area contributed by atoms with E-state index in [0.717, 1.165) is 12.8 Å². The smallest absolute Gasteiger partial charge is 0.288 e. The second-order valence-corrected chi connectivity index (χ2v) is 4.61. The van der Waals surface area contributed by atoms with Gasteiger partial charge in [-0.15, -0.1) is 0 Å². The Labute approximate surface area is 108 Å². The molecule has 0 aromatic rings. The SMILES string of the molecule is CCCCCCCCCCN=C1NC(=O)C(=O)N1. The number of nitrogens with zero attached hydrogens (tertiary/aromatic N) is 1. The molecule has 0 aliphatic carbocycles. The minimum atomic E-state index is -0.621. The average Bonchev–Trinajstić information content (AvgIpc) is 2.67. The van der Waals surface area contributed by atoms with Gasteiger partial charge in [0.05, 0.1) is 0 Å². The van der Waals surface area contributed by atoms with E-state index in [0.29, 0.717) is 12.5 Å². The zero-order valence-corrected chi connectivity index (χ0v) is 11.1. The maximum absolute atomic E-state index is 10.8. The minimum Gasteiger partial charge on any atom is -0.288 e. The maximum atomic E-state index is 10.8. The van der Waals surface area contributed by atoms with Gasteiger partial charge in [0.25, 0.3) is 0 Å². The van der Waals surface area contributed by atoms with Crippen molar-refractivity contribution in [2.24, 2.45) is 4.99 Å². The molecule has 0 aromatic heterocycles. The van der Waals surface area contributed by atoms with Gasteiger partial charge in [-0.1, -0.05) is 51.9 Å². The van der Waals surface area contributed by atoms with Gasteiger partial charge in [0.2, 0.25) is 5.96 Å². The minimum absolute atomic E-state index is 0.299.